The molecule has 1 rings (SSSR count). The van der Waals surface area contributed by atoms with Crippen LogP contribution in [0.2, 0.25) is 0 Å². The molecule has 0 bridgehead atoms. The maximum Gasteiger partial charge on any atom is 0.337 e. The molecule has 0 fully saturated rings. The highest BCUT2D eigenvalue weighted by Gasteiger charge is 2.18. The molecular weight excluding hydrogens is 264 g/mol. The monoisotopic (exact) mass is 282 g/mol. The maximum atomic E-state index is 12.1. The summed E-state index contributed by atoms with van der Waals surface area (Å²) in [6, 6.07) is 2.97. The van der Waals surface area contributed by atoms with Gasteiger partial charge in [-0.05, 0) is 37.5 Å². The van der Waals surface area contributed by atoms with E-state index in [1.165, 1.54) is 18.3 Å². The summed E-state index contributed by atoms with van der Waals surface area (Å²) in [4.78, 5) is 28.4. The number of carboxylic acids is 1. The van der Waals surface area contributed by atoms with Crippen molar-refractivity contribution < 1.29 is 14.7 Å². The number of aromatic nitrogens is 1. The van der Waals surface area contributed by atoms with Gasteiger partial charge in [0.2, 0.25) is 0 Å². The van der Waals surface area contributed by atoms with Crippen LogP contribution in [0.3, 0.4) is 0 Å². The highest BCUT2D eigenvalue weighted by atomic mass is 32.2. The van der Waals surface area contributed by atoms with Gasteiger partial charge in [-0.25, -0.2) is 4.79 Å². The molecule has 1 aromatic heterocycles. The smallest absolute Gasteiger partial charge is 0.337 e. The third-order valence-corrected chi connectivity index (χ3v) is 3.59. The second kappa shape index (κ2) is 7.13. The Morgan fingerprint density at radius 2 is 2.16 bits per heavy atom. The van der Waals surface area contributed by atoms with Gasteiger partial charge in [-0.15, -0.1) is 0 Å². The molecule has 1 N–H and O–H groups in total. The van der Waals surface area contributed by atoms with E-state index in [0.717, 1.165) is 12.2 Å². The fraction of sp³-hybridized carbons (Fsp3) is 0.462. The molecule has 0 aliphatic rings. The highest BCUT2D eigenvalue weighted by Crippen LogP contribution is 2.10. The molecule has 0 saturated heterocycles. The molecule has 0 spiro atoms. The van der Waals surface area contributed by atoms with E-state index in [-0.39, 0.29) is 23.2 Å². The molecule has 0 aromatic carbocycles. The van der Waals surface area contributed by atoms with Crippen molar-refractivity contribution in [3.05, 3.63) is 29.6 Å². The van der Waals surface area contributed by atoms with Gasteiger partial charge in [0.05, 0.1) is 5.56 Å². The molecule has 1 atom stereocenters. The summed E-state index contributed by atoms with van der Waals surface area (Å²) < 4.78 is 0. The predicted octanol–water partition coefficient (Wildman–Crippen LogP) is 1.99. The average molecular weight is 282 g/mol. The quantitative estimate of drug-likeness (QED) is 0.864. The summed E-state index contributed by atoms with van der Waals surface area (Å²) in [5.74, 6) is -0.247. The number of pyridine rings is 1. The number of amides is 1. The lowest BCUT2D eigenvalue weighted by Gasteiger charge is -2.24. The molecule has 1 aromatic rings. The zero-order valence-electron chi connectivity index (χ0n) is 11.3. The van der Waals surface area contributed by atoms with E-state index in [0.29, 0.717) is 0 Å². The molecular formula is C13H18N2O3S. The first-order valence-electron chi connectivity index (χ1n) is 5.92. The normalized spacial score (nSPS) is 11.9. The highest BCUT2D eigenvalue weighted by molar-refractivity contribution is 7.98. The van der Waals surface area contributed by atoms with E-state index in [1.54, 1.807) is 23.7 Å². The van der Waals surface area contributed by atoms with Crippen molar-refractivity contribution in [1.29, 1.82) is 0 Å². The average Bonchev–Trinajstić information content (AvgIpc) is 2.43. The van der Waals surface area contributed by atoms with Gasteiger partial charge >= 0.3 is 5.97 Å². The number of nitrogens with zero attached hydrogens (tertiary/aromatic N) is 2. The first kappa shape index (κ1) is 15.5. The lowest BCUT2D eigenvalue weighted by molar-refractivity contribution is 0.0691. The molecule has 0 aliphatic carbocycles. The van der Waals surface area contributed by atoms with Crippen molar-refractivity contribution in [1.82, 2.24) is 9.88 Å². The van der Waals surface area contributed by atoms with Crippen molar-refractivity contribution in [3.63, 3.8) is 0 Å². The van der Waals surface area contributed by atoms with Crippen molar-refractivity contribution >= 4 is 23.6 Å². The summed E-state index contributed by atoms with van der Waals surface area (Å²) in [6.07, 6.45) is 4.15. The third kappa shape index (κ3) is 4.24. The van der Waals surface area contributed by atoms with Crippen LogP contribution in [0.1, 0.15) is 34.2 Å². The Labute approximate surface area is 117 Å². The molecule has 6 heteroatoms. The van der Waals surface area contributed by atoms with Gasteiger partial charge < -0.3 is 10.0 Å². The standard InChI is InChI=1S/C13H18N2O3S/c1-9(6-7-19-3)15(2)12(16)11-5-4-10(8-14-11)13(17)18/h4-5,8-9H,6-7H2,1-3H3,(H,17,18). The number of thioether (sulfide) groups is 1. The molecule has 5 nitrogen and oxygen atoms in total. The van der Waals surface area contributed by atoms with Gasteiger partial charge in [-0.3, -0.25) is 9.78 Å². The minimum atomic E-state index is -1.05. The zero-order valence-corrected chi connectivity index (χ0v) is 12.1. The van der Waals surface area contributed by atoms with Crippen molar-refractivity contribution in [2.24, 2.45) is 0 Å². The van der Waals surface area contributed by atoms with Crippen LogP contribution in [0.25, 0.3) is 0 Å². The lowest BCUT2D eigenvalue weighted by Crippen LogP contribution is -2.35. The van der Waals surface area contributed by atoms with Crippen LogP contribution in [0.4, 0.5) is 0 Å². The molecule has 0 saturated carbocycles. The Morgan fingerprint density at radius 3 is 2.63 bits per heavy atom. The van der Waals surface area contributed by atoms with E-state index in [4.69, 9.17) is 5.11 Å². The minimum Gasteiger partial charge on any atom is -0.478 e. The molecule has 1 heterocycles. The SMILES string of the molecule is CSCCC(C)N(C)C(=O)c1ccc(C(=O)O)cn1. The lowest BCUT2D eigenvalue weighted by atomic mass is 10.2. The minimum absolute atomic E-state index is 0.0784. The van der Waals surface area contributed by atoms with E-state index in [2.05, 4.69) is 4.98 Å². The Bertz CT molecular complexity index is 448. The number of hydrogen-bond acceptors (Lipinski definition) is 4. The summed E-state index contributed by atoms with van der Waals surface area (Å²) >= 11 is 1.74. The number of carboxylic acid groups (broad SMARTS) is 1. The zero-order chi connectivity index (χ0) is 14.4. The van der Waals surface area contributed by atoms with Crippen molar-refractivity contribution in [3.8, 4) is 0 Å². The first-order valence-corrected chi connectivity index (χ1v) is 7.32. The summed E-state index contributed by atoms with van der Waals surface area (Å²) in [5.41, 5.74) is 0.345. The molecule has 1 unspecified atom stereocenters. The Hall–Kier alpha value is -1.56. The van der Waals surface area contributed by atoms with Crippen LogP contribution < -0.4 is 0 Å². The topological polar surface area (TPSA) is 70.5 Å². The number of carbonyl (C=O) groups is 2. The maximum absolute atomic E-state index is 12.1. The van der Waals surface area contributed by atoms with Gasteiger partial charge in [0.15, 0.2) is 0 Å². The Balaban J connectivity index is 2.73. The van der Waals surface area contributed by atoms with Crippen molar-refractivity contribution in [2.75, 3.05) is 19.1 Å². The number of carbonyl (C=O) groups excluding carboxylic acids is 1. The van der Waals surface area contributed by atoms with E-state index in [1.807, 2.05) is 13.2 Å². The number of aromatic carboxylic acids is 1. The second-order valence-electron chi connectivity index (χ2n) is 4.28. The van der Waals surface area contributed by atoms with Gasteiger partial charge in [-0.2, -0.15) is 11.8 Å². The second-order valence-corrected chi connectivity index (χ2v) is 5.27. The van der Waals surface area contributed by atoms with E-state index in [9.17, 15) is 9.59 Å². The Kier molecular flexibility index (Phi) is 5.82. The van der Waals surface area contributed by atoms with Crippen LogP contribution in [0.15, 0.2) is 18.3 Å². The van der Waals surface area contributed by atoms with Gasteiger partial charge in [-0.1, -0.05) is 0 Å². The van der Waals surface area contributed by atoms with Crippen LogP contribution in [-0.2, 0) is 0 Å². The molecule has 0 radical (unpaired) electrons. The summed E-state index contributed by atoms with van der Waals surface area (Å²) in [7, 11) is 1.74. The number of hydrogen-bond donors (Lipinski definition) is 1. The van der Waals surface area contributed by atoms with Gasteiger partial charge in [0.1, 0.15) is 5.69 Å². The molecule has 104 valence electrons. The summed E-state index contributed by atoms with van der Waals surface area (Å²) in [5, 5.41) is 8.77. The van der Waals surface area contributed by atoms with Crippen LogP contribution in [0.5, 0.6) is 0 Å². The third-order valence-electron chi connectivity index (χ3n) is 2.95. The molecule has 1 amide bonds. The fourth-order valence-electron chi connectivity index (χ4n) is 1.51. The van der Waals surface area contributed by atoms with Crippen molar-refractivity contribution in [2.45, 2.75) is 19.4 Å². The van der Waals surface area contributed by atoms with Gasteiger partial charge in [0, 0.05) is 19.3 Å². The van der Waals surface area contributed by atoms with Gasteiger partial charge in [0.25, 0.3) is 5.91 Å². The predicted molar refractivity (Wildman–Crippen MR) is 75.8 cm³/mol. The van der Waals surface area contributed by atoms with Crippen LogP contribution in [-0.4, -0.2) is 52.0 Å². The Morgan fingerprint density at radius 1 is 1.47 bits per heavy atom. The molecule has 0 aliphatic heterocycles. The summed E-state index contributed by atoms with van der Waals surface area (Å²) in [6.45, 7) is 1.99. The van der Waals surface area contributed by atoms with Crippen LogP contribution >= 0.6 is 11.8 Å². The molecule has 19 heavy (non-hydrogen) atoms. The van der Waals surface area contributed by atoms with Crippen LogP contribution in [0, 0.1) is 0 Å². The van der Waals surface area contributed by atoms with E-state index >= 15 is 0 Å². The fourth-order valence-corrected chi connectivity index (χ4v) is 2.09. The first-order chi connectivity index (χ1) is 8.97. The van der Waals surface area contributed by atoms with E-state index < -0.39 is 5.97 Å². The number of rotatable bonds is 6. The largest absolute Gasteiger partial charge is 0.478 e.